The highest BCUT2D eigenvalue weighted by atomic mass is 17.1. The molecule has 0 spiro atoms. The third-order valence-corrected chi connectivity index (χ3v) is 0.257. The lowest BCUT2D eigenvalue weighted by atomic mass is 10.7. The van der Waals surface area contributed by atoms with Gasteiger partial charge < -0.3 is 0 Å². The molecule has 3 nitrogen and oxygen atoms in total. The van der Waals surface area contributed by atoms with Crippen LogP contribution in [0.3, 0.4) is 0 Å². The average Bonchev–Trinajstić information content (AvgIpc) is 1.65. The van der Waals surface area contributed by atoms with Crippen molar-refractivity contribution in [1.29, 1.82) is 0 Å². The Balaban J connectivity index is 3.23. The summed E-state index contributed by atoms with van der Waals surface area (Å²) in [6.07, 6.45) is 0.861. The van der Waals surface area contributed by atoms with Crippen molar-refractivity contribution in [3.05, 3.63) is 12.7 Å². The largest absolute Gasteiger partial charge is 0.365 e. The van der Waals surface area contributed by atoms with Crippen molar-refractivity contribution in [2.24, 2.45) is 0 Å². The SMILES string of the molecule is C=CC(=O)OO. The quantitative estimate of drug-likeness (QED) is 0.282. The normalized spacial score (nSPS) is 6.83. The van der Waals surface area contributed by atoms with Gasteiger partial charge in [-0.3, -0.25) is 4.89 Å². The highest BCUT2D eigenvalue weighted by Gasteiger charge is 1.85. The van der Waals surface area contributed by atoms with E-state index in [2.05, 4.69) is 11.5 Å². The highest BCUT2D eigenvalue weighted by molar-refractivity contribution is 5.80. The summed E-state index contributed by atoms with van der Waals surface area (Å²) in [7, 11) is 0. The van der Waals surface area contributed by atoms with Crippen LogP contribution >= 0.6 is 0 Å². The maximum atomic E-state index is 9.59. The van der Waals surface area contributed by atoms with E-state index in [0.29, 0.717) is 0 Å². The number of hydrogen-bond donors (Lipinski definition) is 1. The van der Waals surface area contributed by atoms with E-state index >= 15 is 0 Å². The fourth-order valence-electron chi connectivity index (χ4n) is 0.0373. The Labute approximate surface area is 34.8 Å². The van der Waals surface area contributed by atoms with Crippen molar-refractivity contribution in [3.8, 4) is 0 Å². The summed E-state index contributed by atoms with van der Waals surface area (Å²) in [5.41, 5.74) is 0. The molecule has 0 rings (SSSR count). The molecule has 0 heterocycles. The zero-order chi connectivity index (χ0) is 4.99. The number of hydrogen-bond acceptors (Lipinski definition) is 3. The van der Waals surface area contributed by atoms with Crippen LogP contribution in [0.4, 0.5) is 0 Å². The Kier molecular flexibility index (Phi) is 2.08. The minimum absolute atomic E-state index is 0.838. The fraction of sp³-hybridized carbons (Fsp3) is 0. The van der Waals surface area contributed by atoms with E-state index in [1.165, 1.54) is 0 Å². The van der Waals surface area contributed by atoms with E-state index < -0.39 is 5.97 Å². The third kappa shape index (κ3) is 1.49. The van der Waals surface area contributed by atoms with Crippen LogP contribution < -0.4 is 0 Å². The predicted molar refractivity (Wildman–Crippen MR) is 18.9 cm³/mol. The van der Waals surface area contributed by atoms with Crippen molar-refractivity contribution in [2.45, 2.75) is 0 Å². The molecule has 0 atom stereocenters. The summed E-state index contributed by atoms with van der Waals surface area (Å²) in [5.74, 6) is -0.838. The summed E-state index contributed by atoms with van der Waals surface area (Å²) in [6, 6.07) is 0. The van der Waals surface area contributed by atoms with Crippen LogP contribution in [0, 0.1) is 0 Å². The van der Waals surface area contributed by atoms with E-state index in [1.54, 1.807) is 0 Å². The summed E-state index contributed by atoms with van der Waals surface area (Å²) in [4.78, 5) is 12.7. The topological polar surface area (TPSA) is 46.5 Å². The molecule has 0 saturated heterocycles. The molecule has 0 amide bonds. The van der Waals surface area contributed by atoms with Gasteiger partial charge in [0.25, 0.3) is 0 Å². The van der Waals surface area contributed by atoms with E-state index in [4.69, 9.17) is 5.26 Å². The minimum Gasteiger partial charge on any atom is -0.296 e. The Morgan fingerprint density at radius 1 is 2.00 bits per heavy atom. The van der Waals surface area contributed by atoms with Crippen molar-refractivity contribution in [2.75, 3.05) is 0 Å². The first kappa shape index (κ1) is 5.17. The molecule has 0 aliphatic rings. The van der Waals surface area contributed by atoms with Crippen molar-refractivity contribution < 1.29 is 14.9 Å². The van der Waals surface area contributed by atoms with Gasteiger partial charge >= 0.3 is 5.97 Å². The van der Waals surface area contributed by atoms with Gasteiger partial charge in [0, 0.05) is 6.08 Å². The lowest BCUT2D eigenvalue weighted by Gasteiger charge is -1.78. The maximum Gasteiger partial charge on any atom is 0.365 e. The molecule has 0 unspecified atom stereocenters. The Morgan fingerprint density at radius 2 is 2.50 bits per heavy atom. The Bertz CT molecular complexity index is 66.4. The second-order valence-electron chi connectivity index (χ2n) is 0.614. The first-order valence-corrected chi connectivity index (χ1v) is 1.29. The molecule has 0 aliphatic carbocycles. The molecule has 0 radical (unpaired) electrons. The smallest absolute Gasteiger partial charge is 0.296 e. The predicted octanol–water partition coefficient (Wildman–Crippen LogP) is 0.189. The molecule has 0 aliphatic heterocycles. The zero-order valence-corrected chi connectivity index (χ0v) is 3.05. The first-order chi connectivity index (χ1) is 2.81. The Morgan fingerprint density at radius 3 is 2.50 bits per heavy atom. The summed E-state index contributed by atoms with van der Waals surface area (Å²) < 4.78 is 0. The molecule has 0 aromatic heterocycles. The number of carbonyl (C=O) groups excluding carboxylic acids is 1. The third-order valence-electron chi connectivity index (χ3n) is 0.257. The summed E-state index contributed by atoms with van der Waals surface area (Å²) >= 11 is 0. The molecular formula is C3H4O3. The van der Waals surface area contributed by atoms with E-state index in [-0.39, 0.29) is 0 Å². The number of carbonyl (C=O) groups is 1. The van der Waals surface area contributed by atoms with Crippen LogP contribution in [0.1, 0.15) is 0 Å². The van der Waals surface area contributed by atoms with Crippen LogP contribution in [0.5, 0.6) is 0 Å². The lowest BCUT2D eigenvalue weighted by molar-refractivity contribution is -0.228. The molecule has 6 heavy (non-hydrogen) atoms. The zero-order valence-electron chi connectivity index (χ0n) is 3.05. The molecule has 34 valence electrons. The van der Waals surface area contributed by atoms with Gasteiger partial charge in [-0.15, -0.1) is 0 Å². The number of rotatable bonds is 1. The molecule has 0 bridgehead atoms. The summed E-state index contributed by atoms with van der Waals surface area (Å²) in [5, 5.41) is 7.41. The van der Waals surface area contributed by atoms with Gasteiger partial charge in [-0.1, -0.05) is 6.58 Å². The minimum atomic E-state index is -0.838. The standard InChI is InChI=1S/C3H4O3/c1-2-3(4)6-5/h2,5H,1H2. The van der Waals surface area contributed by atoms with Gasteiger partial charge in [0.15, 0.2) is 0 Å². The van der Waals surface area contributed by atoms with Crippen LogP contribution in [-0.4, -0.2) is 11.2 Å². The van der Waals surface area contributed by atoms with Crippen LogP contribution in [-0.2, 0) is 9.68 Å². The molecule has 3 heteroatoms. The van der Waals surface area contributed by atoms with Crippen molar-refractivity contribution >= 4 is 5.97 Å². The van der Waals surface area contributed by atoms with E-state index in [1.807, 2.05) is 0 Å². The second-order valence-corrected chi connectivity index (χ2v) is 0.614. The first-order valence-electron chi connectivity index (χ1n) is 1.29. The van der Waals surface area contributed by atoms with E-state index in [0.717, 1.165) is 6.08 Å². The van der Waals surface area contributed by atoms with Crippen molar-refractivity contribution in [3.63, 3.8) is 0 Å². The van der Waals surface area contributed by atoms with Crippen molar-refractivity contribution in [1.82, 2.24) is 0 Å². The van der Waals surface area contributed by atoms with Crippen LogP contribution in [0.15, 0.2) is 12.7 Å². The maximum absolute atomic E-state index is 9.59. The lowest BCUT2D eigenvalue weighted by Crippen LogP contribution is -1.92. The van der Waals surface area contributed by atoms with Gasteiger partial charge in [0.2, 0.25) is 0 Å². The van der Waals surface area contributed by atoms with Gasteiger partial charge in [-0.25, -0.2) is 4.79 Å². The fourth-order valence-corrected chi connectivity index (χ4v) is 0.0373. The van der Waals surface area contributed by atoms with Gasteiger partial charge in [0.1, 0.15) is 0 Å². The van der Waals surface area contributed by atoms with Crippen LogP contribution in [0.25, 0.3) is 0 Å². The molecule has 0 aromatic carbocycles. The Hall–Kier alpha value is -0.830. The van der Waals surface area contributed by atoms with Gasteiger partial charge in [-0.2, -0.15) is 5.26 Å². The summed E-state index contributed by atoms with van der Waals surface area (Å²) in [6.45, 7) is 3.00. The monoisotopic (exact) mass is 88.0 g/mol. The molecule has 0 fully saturated rings. The second kappa shape index (κ2) is 2.41. The molecular weight excluding hydrogens is 84.0 g/mol. The van der Waals surface area contributed by atoms with E-state index in [9.17, 15) is 4.79 Å². The molecule has 1 N–H and O–H groups in total. The molecule has 0 aromatic rings. The average molecular weight is 88.1 g/mol. The van der Waals surface area contributed by atoms with Gasteiger partial charge in [0.05, 0.1) is 0 Å². The van der Waals surface area contributed by atoms with Crippen LogP contribution in [0.2, 0.25) is 0 Å². The molecule has 0 saturated carbocycles. The van der Waals surface area contributed by atoms with Gasteiger partial charge in [-0.05, 0) is 0 Å². The highest BCUT2D eigenvalue weighted by Crippen LogP contribution is 1.67.